The van der Waals surface area contributed by atoms with E-state index in [9.17, 15) is 0 Å². The Morgan fingerprint density at radius 1 is 0.733 bits per heavy atom. The van der Waals surface area contributed by atoms with Gasteiger partial charge in [-0.1, -0.05) is 84.9 Å². The zero-order valence-electron chi connectivity index (χ0n) is 16.5. The van der Waals surface area contributed by atoms with Gasteiger partial charge in [-0.3, -0.25) is 4.90 Å². The van der Waals surface area contributed by atoms with Gasteiger partial charge in [-0.25, -0.2) is 4.99 Å². The standard InChI is InChI=1S/C26H22N2OS/c1-3-10-20(11-4-1)18-28(19-21-12-5-2-6-13-21)26-22-14-7-8-15-23(22)27-25(29-26)24-16-9-17-30-24/h1-17,26H,18-19H2. The monoisotopic (exact) mass is 410 g/mol. The molecule has 148 valence electrons. The van der Waals surface area contributed by atoms with E-state index in [1.54, 1.807) is 11.3 Å². The van der Waals surface area contributed by atoms with E-state index in [0.717, 1.165) is 29.2 Å². The van der Waals surface area contributed by atoms with E-state index in [4.69, 9.17) is 9.73 Å². The summed E-state index contributed by atoms with van der Waals surface area (Å²) in [6.45, 7) is 1.57. The topological polar surface area (TPSA) is 24.8 Å². The molecule has 0 saturated heterocycles. The maximum Gasteiger partial charge on any atom is 0.233 e. The molecule has 5 rings (SSSR count). The van der Waals surface area contributed by atoms with Crippen LogP contribution >= 0.6 is 11.3 Å². The SMILES string of the molecule is c1ccc(CN(Cc2ccccc2)C2OC(c3cccs3)=Nc3ccccc32)cc1. The molecule has 3 aromatic carbocycles. The number of hydrogen-bond acceptors (Lipinski definition) is 4. The Balaban J connectivity index is 1.54. The van der Waals surface area contributed by atoms with Crippen molar-refractivity contribution < 1.29 is 4.74 Å². The van der Waals surface area contributed by atoms with Crippen molar-refractivity contribution in [2.75, 3.05) is 0 Å². The first-order valence-corrected chi connectivity index (χ1v) is 10.9. The van der Waals surface area contributed by atoms with Crippen LogP contribution in [0.1, 0.15) is 27.8 Å². The molecule has 0 aliphatic carbocycles. The lowest BCUT2D eigenvalue weighted by Crippen LogP contribution is -2.33. The van der Waals surface area contributed by atoms with Gasteiger partial charge in [0, 0.05) is 18.7 Å². The second kappa shape index (κ2) is 8.66. The molecule has 1 atom stereocenters. The van der Waals surface area contributed by atoms with Crippen LogP contribution in [-0.2, 0) is 17.8 Å². The molecule has 30 heavy (non-hydrogen) atoms. The molecule has 1 aliphatic rings. The van der Waals surface area contributed by atoms with Gasteiger partial charge < -0.3 is 4.74 Å². The van der Waals surface area contributed by atoms with Crippen molar-refractivity contribution >= 4 is 22.9 Å². The van der Waals surface area contributed by atoms with Crippen LogP contribution in [0.15, 0.2) is 107 Å². The van der Waals surface area contributed by atoms with Gasteiger partial charge >= 0.3 is 0 Å². The van der Waals surface area contributed by atoms with Crippen LogP contribution in [0.25, 0.3) is 0 Å². The lowest BCUT2D eigenvalue weighted by Gasteiger charge is -2.35. The number of para-hydroxylation sites is 1. The Morgan fingerprint density at radius 3 is 2.00 bits per heavy atom. The lowest BCUT2D eigenvalue weighted by atomic mass is 10.1. The van der Waals surface area contributed by atoms with E-state index < -0.39 is 0 Å². The fourth-order valence-electron chi connectivity index (χ4n) is 3.75. The van der Waals surface area contributed by atoms with Gasteiger partial charge in [0.05, 0.1) is 10.6 Å². The third-order valence-electron chi connectivity index (χ3n) is 5.17. The normalized spacial score (nSPS) is 15.4. The number of rotatable bonds is 6. The van der Waals surface area contributed by atoms with Crippen LogP contribution < -0.4 is 0 Å². The van der Waals surface area contributed by atoms with Crippen molar-refractivity contribution in [3.8, 4) is 0 Å². The fourth-order valence-corrected chi connectivity index (χ4v) is 4.40. The first-order chi connectivity index (χ1) is 14.9. The first-order valence-electron chi connectivity index (χ1n) is 10.1. The number of hydrogen-bond donors (Lipinski definition) is 0. The van der Waals surface area contributed by atoms with Crippen LogP contribution in [0.3, 0.4) is 0 Å². The predicted molar refractivity (Wildman–Crippen MR) is 123 cm³/mol. The zero-order chi connectivity index (χ0) is 20.2. The molecule has 0 radical (unpaired) electrons. The Hall–Kier alpha value is -3.21. The Labute approximate surface area is 180 Å². The predicted octanol–water partition coefficient (Wildman–Crippen LogP) is 6.56. The Kier molecular flexibility index (Phi) is 5.42. The summed E-state index contributed by atoms with van der Waals surface area (Å²) in [5.41, 5.74) is 4.59. The van der Waals surface area contributed by atoms with Crippen molar-refractivity contribution in [2.45, 2.75) is 19.3 Å². The van der Waals surface area contributed by atoms with Gasteiger partial charge in [0.2, 0.25) is 5.90 Å². The maximum atomic E-state index is 6.55. The highest BCUT2D eigenvalue weighted by Gasteiger charge is 2.30. The van der Waals surface area contributed by atoms with Crippen molar-refractivity contribution in [1.82, 2.24) is 4.90 Å². The molecule has 4 aromatic rings. The fraction of sp³-hybridized carbons (Fsp3) is 0.115. The third kappa shape index (κ3) is 4.06. The van der Waals surface area contributed by atoms with Gasteiger partial charge in [-0.15, -0.1) is 11.3 Å². The molecule has 0 fully saturated rings. The molecule has 1 unspecified atom stereocenters. The summed E-state index contributed by atoms with van der Waals surface area (Å²) in [6.07, 6.45) is -0.212. The summed E-state index contributed by atoms with van der Waals surface area (Å²) in [7, 11) is 0. The van der Waals surface area contributed by atoms with Gasteiger partial charge in [0.15, 0.2) is 6.23 Å². The summed E-state index contributed by atoms with van der Waals surface area (Å²) in [5, 5.41) is 2.06. The second-order valence-electron chi connectivity index (χ2n) is 7.30. The van der Waals surface area contributed by atoms with Gasteiger partial charge in [0.25, 0.3) is 0 Å². The van der Waals surface area contributed by atoms with Crippen LogP contribution in [0.4, 0.5) is 5.69 Å². The Morgan fingerprint density at radius 2 is 1.37 bits per heavy atom. The number of ether oxygens (including phenoxy) is 1. The van der Waals surface area contributed by atoms with Crippen LogP contribution in [0.5, 0.6) is 0 Å². The van der Waals surface area contributed by atoms with Crippen LogP contribution in [0.2, 0.25) is 0 Å². The number of aliphatic imine (C=N–C) groups is 1. The number of thiophene rings is 1. The van der Waals surface area contributed by atoms with E-state index in [0.29, 0.717) is 5.90 Å². The number of nitrogens with zero attached hydrogens (tertiary/aromatic N) is 2. The smallest absolute Gasteiger partial charge is 0.233 e. The van der Waals surface area contributed by atoms with E-state index >= 15 is 0 Å². The van der Waals surface area contributed by atoms with Gasteiger partial charge in [-0.05, 0) is 28.6 Å². The lowest BCUT2D eigenvalue weighted by molar-refractivity contribution is -0.000601. The Bertz CT molecular complexity index is 1080. The highest BCUT2D eigenvalue weighted by molar-refractivity contribution is 7.12. The quantitative estimate of drug-likeness (QED) is 0.360. The molecule has 3 nitrogen and oxygen atoms in total. The third-order valence-corrected chi connectivity index (χ3v) is 6.03. The highest BCUT2D eigenvalue weighted by Crippen LogP contribution is 2.38. The molecule has 1 aromatic heterocycles. The van der Waals surface area contributed by atoms with Crippen LogP contribution in [0, 0.1) is 0 Å². The molecule has 0 bridgehead atoms. The second-order valence-corrected chi connectivity index (χ2v) is 8.25. The van der Waals surface area contributed by atoms with Gasteiger partial charge in [-0.2, -0.15) is 0 Å². The highest BCUT2D eigenvalue weighted by atomic mass is 32.1. The van der Waals surface area contributed by atoms with Crippen molar-refractivity contribution in [3.63, 3.8) is 0 Å². The molecule has 0 spiro atoms. The minimum Gasteiger partial charge on any atom is -0.453 e. The minimum absolute atomic E-state index is 0.212. The molecule has 4 heteroatoms. The molecule has 0 N–H and O–H groups in total. The molecular weight excluding hydrogens is 388 g/mol. The maximum absolute atomic E-state index is 6.55. The minimum atomic E-state index is -0.212. The summed E-state index contributed by atoms with van der Waals surface area (Å²) in [4.78, 5) is 8.24. The van der Waals surface area contributed by atoms with E-state index in [1.165, 1.54) is 11.1 Å². The average Bonchev–Trinajstić information content (AvgIpc) is 3.34. The number of fused-ring (bicyclic) bond motifs is 1. The summed E-state index contributed by atoms with van der Waals surface area (Å²) in [6, 6.07) is 33.5. The molecule has 0 amide bonds. The summed E-state index contributed by atoms with van der Waals surface area (Å²) in [5.74, 6) is 0.694. The van der Waals surface area contributed by atoms with E-state index in [1.807, 2.05) is 12.1 Å². The summed E-state index contributed by atoms with van der Waals surface area (Å²) >= 11 is 1.65. The number of benzene rings is 3. The van der Waals surface area contributed by atoms with E-state index in [2.05, 4.69) is 95.2 Å². The molecular formula is C26H22N2OS. The molecule has 2 heterocycles. The summed E-state index contributed by atoms with van der Waals surface area (Å²) < 4.78 is 6.55. The molecule has 0 saturated carbocycles. The zero-order valence-corrected chi connectivity index (χ0v) is 17.3. The van der Waals surface area contributed by atoms with Crippen molar-refractivity contribution in [1.29, 1.82) is 0 Å². The van der Waals surface area contributed by atoms with Gasteiger partial charge in [0.1, 0.15) is 0 Å². The first kappa shape index (κ1) is 18.8. The molecule has 1 aliphatic heterocycles. The van der Waals surface area contributed by atoms with Crippen LogP contribution in [-0.4, -0.2) is 10.8 Å². The average molecular weight is 411 g/mol. The van der Waals surface area contributed by atoms with Crippen molar-refractivity contribution in [3.05, 3.63) is 124 Å². The largest absolute Gasteiger partial charge is 0.453 e. The van der Waals surface area contributed by atoms with Crippen molar-refractivity contribution in [2.24, 2.45) is 4.99 Å². The van der Waals surface area contributed by atoms with E-state index in [-0.39, 0.29) is 6.23 Å².